The number of hydrogen-bond donors (Lipinski definition) is 1. The average molecular weight is 369 g/mol. The van der Waals surface area contributed by atoms with Gasteiger partial charge in [0.2, 0.25) is 11.8 Å². The highest BCUT2D eigenvalue weighted by atomic mass is 16.2. The first-order chi connectivity index (χ1) is 12.9. The minimum Gasteiger partial charge on any atom is -0.368 e. The van der Waals surface area contributed by atoms with Gasteiger partial charge in [0, 0.05) is 32.2 Å². The second-order valence-electron chi connectivity index (χ2n) is 6.68. The van der Waals surface area contributed by atoms with E-state index < -0.39 is 11.9 Å². The van der Waals surface area contributed by atoms with Crippen LogP contribution in [0.4, 0.5) is 0 Å². The average Bonchev–Trinajstić information content (AvgIpc) is 2.65. The molecule has 0 spiro atoms. The van der Waals surface area contributed by atoms with Crippen molar-refractivity contribution in [2.24, 2.45) is 5.73 Å². The zero-order chi connectivity index (χ0) is 19.4. The van der Waals surface area contributed by atoms with E-state index in [-0.39, 0.29) is 24.6 Å². The van der Waals surface area contributed by atoms with Crippen LogP contribution in [-0.4, -0.2) is 57.1 Å². The fraction of sp³-hybridized carbons (Fsp3) is 0.368. The summed E-state index contributed by atoms with van der Waals surface area (Å²) in [5, 5.41) is 4.09. The van der Waals surface area contributed by atoms with E-state index in [0.717, 1.165) is 10.2 Å². The molecule has 1 aromatic carbocycles. The molecule has 1 saturated heterocycles. The Morgan fingerprint density at radius 1 is 1.15 bits per heavy atom. The Morgan fingerprint density at radius 2 is 1.89 bits per heavy atom. The van der Waals surface area contributed by atoms with Gasteiger partial charge in [-0.25, -0.2) is 4.68 Å². The lowest BCUT2D eigenvalue weighted by Crippen LogP contribution is -2.59. The van der Waals surface area contributed by atoms with Crippen LogP contribution in [0.3, 0.4) is 0 Å². The molecule has 0 unspecified atom stereocenters. The molecule has 1 fully saturated rings. The van der Waals surface area contributed by atoms with Crippen LogP contribution in [0.2, 0.25) is 0 Å². The number of carbonyl (C=O) groups excluding carboxylic acids is 2. The van der Waals surface area contributed by atoms with Gasteiger partial charge in [-0.2, -0.15) is 5.10 Å². The van der Waals surface area contributed by atoms with Crippen molar-refractivity contribution in [2.75, 3.05) is 19.6 Å². The highest BCUT2D eigenvalue weighted by molar-refractivity contribution is 5.82. The zero-order valence-electron chi connectivity index (χ0n) is 15.2. The molecule has 0 bridgehead atoms. The predicted molar refractivity (Wildman–Crippen MR) is 99.6 cm³/mol. The lowest BCUT2D eigenvalue weighted by molar-refractivity contribution is -0.138. The smallest absolute Gasteiger partial charge is 0.267 e. The van der Waals surface area contributed by atoms with E-state index in [1.165, 1.54) is 6.07 Å². The number of carbonyl (C=O) groups is 2. The summed E-state index contributed by atoms with van der Waals surface area (Å²) in [5.74, 6) is -0.713. The third-order valence-electron chi connectivity index (χ3n) is 4.69. The largest absolute Gasteiger partial charge is 0.368 e. The van der Waals surface area contributed by atoms with Crippen LogP contribution in [-0.2, 0) is 22.7 Å². The molecule has 142 valence electrons. The highest BCUT2D eigenvalue weighted by Gasteiger charge is 2.33. The van der Waals surface area contributed by atoms with Crippen molar-refractivity contribution in [3.63, 3.8) is 0 Å². The maximum absolute atomic E-state index is 12.6. The van der Waals surface area contributed by atoms with Crippen molar-refractivity contribution in [3.8, 4) is 0 Å². The first-order valence-corrected chi connectivity index (χ1v) is 8.84. The summed E-state index contributed by atoms with van der Waals surface area (Å²) >= 11 is 0. The van der Waals surface area contributed by atoms with Crippen molar-refractivity contribution < 1.29 is 9.59 Å². The van der Waals surface area contributed by atoms with Crippen LogP contribution < -0.4 is 11.3 Å². The zero-order valence-corrected chi connectivity index (χ0v) is 15.2. The summed E-state index contributed by atoms with van der Waals surface area (Å²) in [7, 11) is 0. The molecule has 27 heavy (non-hydrogen) atoms. The second kappa shape index (κ2) is 8.13. The standard InChI is InChI=1S/C19H23N5O3/c1-14-7-8-17(25)24(21-14)13-18(26)23-10-9-22(16(12-23)19(20)27)11-15-5-3-2-4-6-15/h2-8,16H,9-13H2,1H3,(H2,20,27)/t16-/m0/s1. The van der Waals surface area contributed by atoms with E-state index in [1.807, 2.05) is 35.2 Å². The fourth-order valence-corrected chi connectivity index (χ4v) is 3.22. The molecule has 2 aromatic rings. The Morgan fingerprint density at radius 3 is 2.59 bits per heavy atom. The Balaban J connectivity index is 1.68. The second-order valence-corrected chi connectivity index (χ2v) is 6.68. The van der Waals surface area contributed by atoms with Crippen molar-refractivity contribution in [3.05, 3.63) is 64.1 Å². The highest BCUT2D eigenvalue weighted by Crippen LogP contribution is 2.14. The van der Waals surface area contributed by atoms with Crippen LogP contribution in [0.15, 0.2) is 47.3 Å². The molecule has 2 N–H and O–H groups in total. The van der Waals surface area contributed by atoms with Gasteiger partial charge in [0.25, 0.3) is 5.56 Å². The van der Waals surface area contributed by atoms with Crippen molar-refractivity contribution in [1.82, 2.24) is 19.6 Å². The van der Waals surface area contributed by atoms with E-state index in [0.29, 0.717) is 25.3 Å². The SMILES string of the molecule is Cc1ccc(=O)n(CC(=O)N2CCN(Cc3ccccc3)[C@H](C(N)=O)C2)n1. The Bertz CT molecular complexity index is 880. The van der Waals surface area contributed by atoms with Crippen LogP contribution >= 0.6 is 0 Å². The van der Waals surface area contributed by atoms with Gasteiger partial charge in [-0.05, 0) is 18.6 Å². The van der Waals surface area contributed by atoms with E-state index in [4.69, 9.17) is 5.73 Å². The summed E-state index contributed by atoms with van der Waals surface area (Å²) in [6, 6.07) is 12.2. The molecule has 1 aliphatic rings. The summed E-state index contributed by atoms with van der Waals surface area (Å²) in [6.45, 7) is 3.41. The molecule has 3 rings (SSSR count). The Hall–Kier alpha value is -3.00. The predicted octanol–water partition coefficient (Wildman–Crippen LogP) is -0.250. The van der Waals surface area contributed by atoms with E-state index in [9.17, 15) is 14.4 Å². The van der Waals surface area contributed by atoms with Gasteiger partial charge in [0.05, 0.1) is 5.69 Å². The van der Waals surface area contributed by atoms with Crippen molar-refractivity contribution in [1.29, 1.82) is 0 Å². The van der Waals surface area contributed by atoms with Gasteiger partial charge in [-0.1, -0.05) is 30.3 Å². The van der Waals surface area contributed by atoms with Crippen molar-refractivity contribution in [2.45, 2.75) is 26.1 Å². The van der Waals surface area contributed by atoms with Gasteiger partial charge in [0.1, 0.15) is 12.6 Å². The molecule has 1 atom stereocenters. The van der Waals surface area contributed by atoms with Crippen LogP contribution in [0.1, 0.15) is 11.3 Å². The summed E-state index contributed by atoms with van der Waals surface area (Å²) in [4.78, 5) is 40.0. The number of benzene rings is 1. The number of nitrogens with two attached hydrogens (primary N) is 1. The van der Waals surface area contributed by atoms with E-state index in [2.05, 4.69) is 5.10 Å². The number of nitrogens with zero attached hydrogens (tertiary/aromatic N) is 4. The normalized spacial score (nSPS) is 17.7. The Kier molecular flexibility index (Phi) is 5.66. The maximum Gasteiger partial charge on any atom is 0.267 e. The van der Waals surface area contributed by atoms with Gasteiger partial charge < -0.3 is 10.6 Å². The third kappa shape index (κ3) is 4.59. The van der Waals surface area contributed by atoms with E-state index >= 15 is 0 Å². The molecular formula is C19H23N5O3. The molecule has 8 heteroatoms. The lowest BCUT2D eigenvalue weighted by Gasteiger charge is -2.40. The van der Waals surface area contributed by atoms with Gasteiger partial charge in [-0.15, -0.1) is 0 Å². The minimum atomic E-state index is -0.565. The summed E-state index contributed by atoms with van der Waals surface area (Å²) in [5.41, 5.74) is 6.99. The number of amides is 2. The molecule has 0 saturated carbocycles. The third-order valence-corrected chi connectivity index (χ3v) is 4.69. The van der Waals surface area contributed by atoms with E-state index in [1.54, 1.807) is 17.9 Å². The van der Waals surface area contributed by atoms with Gasteiger partial charge in [-0.3, -0.25) is 19.3 Å². The van der Waals surface area contributed by atoms with Crippen LogP contribution in [0.25, 0.3) is 0 Å². The molecule has 2 heterocycles. The number of aryl methyl sites for hydroxylation is 1. The van der Waals surface area contributed by atoms with Crippen LogP contribution in [0, 0.1) is 6.92 Å². The molecule has 8 nitrogen and oxygen atoms in total. The maximum atomic E-state index is 12.6. The van der Waals surface area contributed by atoms with Gasteiger partial charge in [0.15, 0.2) is 0 Å². The number of hydrogen-bond acceptors (Lipinski definition) is 5. The minimum absolute atomic E-state index is 0.148. The topological polar surface area (TPSA) is 102 Å². The van der Waals surface area contributed by atoms with Gasteiger partial charge >= 0.3 is 0 Å². The number of piperazine rings is 1. The molecule has 2 amide bonds. The first kappa shape index (κ1) is 18.8. The molecular weight excluding hydrogens is 346 g/mol. The molecule has 0 radical (unpaired) electrons. The fourth-order valence-electron chi connectivity index (χ4n) is 3.22. The van der Waals surface area contributed by atoms with Crippen LogP contribution in [0.5, 0.6) is 0 Å². The number of primary amides is 1. The number of aromatic nitrogens is 2. The molecule has 0 aliphatic carbocycles. The quantitative estimate of drug-likeness (QED) is 0.783. The Labute approximate surface area is 157 Å². The summed E-state index contributed by atoms with van der Waals surface area (Å²) in [6.07, 6.45) is 0. The summed E-state index contributed by atoms with van der Waals surface area (Å²) < 4.78 is 1.15. The monoisotopic (exact) mass is 369 g/mol. The van der Waals surface area contributed by atoms with Crippen molar-refractivity contribution >= 4 is 11.8 Å². The molecule has 1 aliphatic heterocycles. The number of rotatable bonds is 5. The molecule has 1 aromatic heterocycles. The first-order valence-electron chi connectivity index (χ1n) is 8.84. The lowest BCUT2D eigenvalue weighted by atomic mass is 10.1.